The van der Waals surface area contributed by atoms with Crippen molar-refractivity contribution in [1.82, 2.24) is 4.98 Å². The molecule has 0 radical (unpaired) electrons. The molecule has 2 atom stereocenters. The molecule has 156 valence electrons. The van der Waals surface area contributed by atoms with Gasteiger partial charge in [0.05, 0.1) is 5.69 Å². The molecule has 0 saturated heterocycles. The number of aryl methyl sites for hydroxylation is 1. The Morgan fingerprint density at radius 2 is 1.90 bits per heavy atom. The van der Waals surface area contributed by atoms with Crippen molar-refractivity contribution in [3.05, 3.63) is 89.0 Å². The summed E-state index contributed by atoms with van der Waals surface area (Å²) in [5.74, 6) is -0.0637. The summed E-state index contributed by atoms with van der Waals surface area (Å²) in [6.07, 6.45) is 2.17. The molecule has 4 rings (SSSR count). The lowest BCUT2D eigenvalue weighted by Crippen LogP contribution is -2.13. The van der Waals surface area contributed by atoms with Crippen LogP contribution in [-0.4, -0.2) is 17.1 Å². The number of aromatic nitrogens is 1. The maximum Gasteiger partial charge on any atom is 0.313 e. The third-order valence-electron chi connectivity index (χ3n) is 5.84. The zero-order valence-corrected chi connectivity index (χ0v) is 17.4. The quantitative estimate of drug-likeness (QED) is 0.548. The topological polar surface area (TPSA) is 51.3 Å². The van der Waals surface area contributed by atoms with Crippen molar-refractivity contribution in [3.8, 4) is 5.75 Å². The van der Waals surface area contributed by atoms with Gasteiger partial charge >= 0.3 is 5.97 Å². The molecule has 0 bridgehead atoms. The molecule has 1 fully saturated rings. The zero-order chi connectivity index (χ0) is 21.3. The number of esters is 1. The number of benzene rings is 2. The van der Waals surface area contributed by atoms with Crippen LogP contribution in [0.25, 0.3) is 0 Å². The number of ether oxygens (including phenoxy) is 2. The minimum Gasteiger partial charge on any atom is -0.489 e. The fourth-order valence-corrected chi connectivity index (χ4v) is 3.84. The summed E-state index contributed by atoms with van der Waals surface area (Å²) < 4.78 is 25.1. The first-order valence-corrected chi connectivity index (χ1v) is 10.1. The van der Waals surface area contributed by atoms with Crippen molar-refractivity contribution in [2.45, 2.75) is 39.9 Å². The lowest BCUT2D eigenvalue weighted by molar-refractivity contribution is -0.148. The van der Waals surface area contributed by atoms with Gasteiger partial charge in [0.1, 0.15) is 30.2 Å². The van der Waals surface area contributed by atoms with E-state index < -0.39 is 0 Å². The van der Waals surface area contributed by atoms with Gasteiger partial charge in [-0.05, 0) is 54.8 Å². The second-order valence-electron chi connectivity index (χ2n) is 8.55. The summed E-state index contributed by atoms with van der Waals surface area (Å²) in [5, 5.41) is 0. The summed E-state index contributed by atoms with van der Waals surface area (Å²) >= 11 is 0. The zero-order valence-electron chi connectivity index (χ0n) is 17.4. The third-order valence-corrected chi connectivity index (χ3v) is 5.84. The van der Waals surface area contributed by atoms with E-state index in [9.17, 15) is 9.18 Å². The van der Waals surface area contributed by atoms with Crippen LogP contribution < -0.4 is 4.74 Å². The van der Waals surface area contributed by atoms with Crippen molar-refractivity contribution in [2.24, 2.45) is 11.3 Å². The van der Waals surface area contributed by atoms with Crippen molar-refractivity contribution in [1.29, 1.82) is 0 Å². The number of carbonyl (C=O) groups excluding carboxylic acids is 1. The number of aromatic amines is 1. The Morgan fingerprint density at radius 1 is 1.13 bits per heavy atom. The van der Waals surface area contributed by atoms with E-state index in [-0.39, 0.29) is 35.8 Å². The van der Waals surface area contributed by atoms with E-state index in [4.69, 9.17) is 9.47 Å². The first-order chi connectivity index (χ1) is 14.3. The fourth-order valence-electron chi connectivity index (χ4n) is 3.84. The van der Waals surface area contributed by atoms with E-state index in [1.54, 1.807) is 6.07 Å². The maximum absolute atomic E-state index is 13.4. The summed E-state index contributed by atoms with van der Waals surface area (Å²) in [7, 11) is 0. The molecule has 5 heteroatoms. The molecule has 2 aromatic carbocycles. The molecule has 1 N–H and O–H groups in total. The molecule has 1 aliphatic rings. The molecule has 4 nitrogen and oxygen atoms in total. The number of hydrogen-bond donors (Lipinski definition) is 1. The van der Waals surface area contributed by atoms with Gasteiger partial charge in [-0.3, -0.25) is 4.79 Å². The molecule has 1 aliphatic carbocycles. The highest BCUT2D eigenvalue weighted by Crippen LogP contribution is 2.54. The third kappa shape index (κ3) is 4.25. The van der Waals surface area contributed by atoms with Gasteiger partial charge in [-0.15, -0.1) is 0 Å². The Labute approximate surface area is 176 Å². The lowest BCUT2D eigenvalue weighted by Gasteiger charge is -2.08. The molecular formula is C25H26FNO3. The average Bonchev–Trinajstić information content (AvgIpc) is 3.01. The van der Waals surface area contributed by atoms with Gasteiger partial charge in [0, 0.05) is 11.6 Å². The van der Waals surface area contributed by atoms with Crippen LogP contribution in [0.3, 0.4) is 0 Å². The Kier molecular flexibility index (Phi) is 5.37. The second-order valence-corrected chi connectivity index (χ2v) is 8.55. The number of nitrogens with one attached hydrogen (secondary N) is 1. The van der Waals surface area contributed by atoms with Crippen molar-refractivity contribution < 1.29 is 18.7 Å². The predicted octanol–water partition coefficient (Wildman–Crippen LogP) is 5.20. The largest absolute Gasteiger partial charge is 0.489 e. The molecule has 30 heavy (non-hydrogen) atoms. The second kappa shape index (κ2) is 7.98. The van der Waals surface area contributed by atoms with Crippen LogP contribution in [0.1, 0.15) is 36.2 Å². The SMILES string of the molecule is Cc1ccc(OC2C(C(=O)OCc3[nH]ccc3Cc3cccc(F)c3)C2(C)C)cc1. The van der Waals surface area contributed by atoms with Crippen molar-refractivity contribution in [2.75, 3.05) is 0 Å². The van der Waals surface area contributed by atoms with E-state index >= 15 is 0 Å². The molecule has 0 amide bonds. The van der Waals surface area contributed by atoms with Gasteiger partial charge in [0.15, 0.2) is 0 Å². The van der Waals surface area contributed by atoms with E-state index in [2.05, 4.69) is 4.98 Å². The fraction of sp³-hybridized carbons (Fsp3) is 0.320. The van der Waals surface area contributed by atoms with Crippen LogP contribution in [0.4, 0.5) is 4.39 Å². The van der Waals surface area contributed by atoms with Gasteiger partial charge < -0.3 is 14.5 Å². The minimum atomic E-state index is -0.305. The van der Waals surface area contributed by atoms with Gasteiger partial charge in [0.25, 0.3) is 0 Å². The van der Waals surface area contributed by atoms with E-state index in [0.29, 0.717) is 6.42 Å². The first kappa shape index (κ1) is 20.2. The normalized spacial score (nSPS) is 19.3. The van der Waals surface area contributed by atoms with E-state index in [0.717, 1.165) is 28.1 Å². The lowest BCUT2D eigenvalue weighted by atomic mass is 10.1. The van der Waals surface area contributed by atoms with Gasteiger partial charge in [-0.1, -0.05) is 43.7 Å². The van der Waals surface area contributed by atoms with Crippen molar-refractivity contribution in [3.63, 3.8) is 0 Å². The molecule has 1 aromatic heterocycles. The first-order valence-electron chi connectivity index (χ1n) is 10.1. The van der Waals surface area contributed by atoms with Crippen LogP contribution in [-0.2, 0) is 22.6 Å². The molecular weight excluding hydrogens is 381 g/mol. The molecule has 1 heterocycles. The molecule has 3 aromatic rings. The van der Waals surface area contributed by atoms with Crippen LogP contribution in [0.15, 0.2) is 60.8 Å². The van der Waals surface area contributed by atoms with Crippen molar-refractivity contribution >= 4 is 5.97 Å². The summed E-state index contributed by atoms with van der Waals surface area (Å²) in [5.41, 5.74) is 3.56. The van der Waals surface area contributed by atoms with E-state index in [1.165, 1.54) is 12.1 Å². The Bertz CT molecular complexity index is 1040. The molecule has 0 aliphatic heterocycles. The highest BCUT2D eigenvalue weighted by atomic mass is 19.1. The number of carbonyl (C=O) groups is 1. The Morgan fingerprint density at radius 3 is 2.63 bits per heavy atom. The standard InChI is InChI=1S/C25H26FNO3/c1-16-7-9-20(10-8-16)30-23-22(25(23,2)3)24(28)29-15-21-18(11-12-27-21)13-17-5-4-6-19(26)14-17/h4-12,14,22-23,27H,13,15H2,1-3H3. The predicted molar refractivity (Wildman–Crippen MR) is 113 cm³/mol. The van der Waals surface area contributed by atoms with Gasteiger partial charge in [0.2, 0.25) is 0 Å². The highest BCUT2D eigenvalue weighted by molar-refractivity contribution is 5.78. The minimum absolute atomic E-state index is 0.153. The van der Waals surface area contributed by atoms with Gasteiger partial charge in [-0.2, -0.15) is 0 Å². The highest BCUT2D eigenvalue weighted by Gasteiger charge is 2.65. The smallest absolute Gasteiger partial charge is 0.313 e. The number of halogens is 1. The summed E-state index contributed by atoms with van der Waals surface area (Å²) in [6, 6.07) is 16.3. The van der Waals surface area contributed by atoms with Crippen LogP contribution in [0.2, 0.25) is 0 Å². The molecule has 0 spiro atoms. The Hall–Kier alpha value is -3.08. The summed E-state index contributed by atoms with van der Waals surface area (Å²) in [6.45, 7) is 6.21. The Balaban J connectivity index is 1.36. The van der Waals surface area contributed by atoms with Crippen LogP contribution >= 0.6 is 0 Å². The maximum atomic E-state index is 13.4. The monoisotopic (exact) mass is 407 g/mol. The van der Waals surface area contributed by atoms with Gasteiger partial charge in [-0.25, -0.2) is 4.39 Å². The molecule has 2 unspecified atom stereocenters. The number of H-pyrrole nitrogens is 1. The number of rotatable bonds is 7. The molecule has 1 saturated carbocycles. The summed E-state index contributed by atoms with van der Waals surface area (Å²) in [4.78, 5) is 15.8. The van der Waals surface area contributed by atoms with Crippen LogP contribution in [0, 0.1) is 24.1 Å². The van der Waals surface area contributed by atoms with Crippen LogP contribution in [0.5, 0.6) is 5.75 Å². The average molecular weight is 407 g/mol. The van der Waals surface area contributed by atoms with E-state index in [1.807, 2.05) is 63.4 Å². The number of hydrogen-bond acceptors (Lipinski definition) is 3.